The maximum atomic E-state index is 14.3. The molecular formula is C47H74N2O27. The van der Waals surface area contributed by atoms with Crippen molar-refractivity contribution >= 4 is 23.8 Å². The predicted octanol–water partition coefficient (Wildman–Crippen LogP) is -5.03. The molecule has 4 fully saturated rings. The van der Waals surface area contributed by atoms with Gasteiger partial charge in [-0.15, -0.1) is 0 Å². The second kappa shape index (κ2) is 28.7. The molecule has 1 aromatic carbocycles. The third-order valence-electron chi connectivity index (χ3n) is 13.5. The van der Waals surface area contributed by atoms with E-state index in [9.17, 15) is 80.5 Å². The molecule has 76 heavy (non-hydrogen) atoms. The van der Waals surface area contributed by atoms with Gasteiger partial charge in [0.05, 0.1) is 52.8 Å². The van der Waals surface area contributed by atoms with Crippen molar-refractivity contribution in [2.75, 3.05) is 41.2 Å². The summed E-state index contributed by atoms with van der Waals surface area (Å²) in [7, 11) is 4.01. The first-order valence-corrected chi connectivity index (χ1v) is 24.8. The van der Waals surface area contributed by atoms with Gasteiger partial charge in [0, 0.05) is 31.9 Å². The van der Waals surface area contributed by atoms with Crippen LogP contribution in [0.3, 0.4) is 0 Å². The van der Waals surface area contributed by atoms with E-state index in [-0.39, 0.29) is 36.1 Å². The number of methoxy groups -OCH3 is 3. The minimum Gasteiger partial charge on any atom is -0.493 e. The molecule has 0 radical (unpaired) electrons. The lowest BCUT2D eigenvalue weighted by molar-refractivity contribution is -0.403. The molecule has 0 bridgehead atoms. The molecule has 0 aliphatic carbocycles. The van der Waals surface area contributed by atoms with Crippen molar-refractivity contribution in [3.63, 3.8) is 0 Å². The number of carboxylic acid groups (broad SMARTS) is 1. The van der Waals surface area contributed by atoms with Gasteiger partial charge in [-0.05, 0) is 38.0 Å². The lowest BCUT2D eigenvalue weighted by Crippen LogP contribution is -2.71. The van der Waals surface area contributed by atoms with Crippen molar-refractivity contribution in [2.24, 2.45) is 0 Å². The molecule has 21 atom stereocenters. The number of amides is 2. The summed E-state index contributed by atoms with van der Waals surface area (Å²) in [5.41, 5.74) is -0.0377. The molecule has 4 aliphatic rings. The number of benzene rings is 1. The summed E-state index contributed by atoms with van der Waals surface area (Å²) in [6.07, 6.45) is -32.6. The number of ether oxygens (including phenoxy) is 11. The number of carboxylic acids is 1. The quantitative estimate of drug-likeness (QED) is 0.0305. The molecule has 2 amide bonds. The van der Waals surface area contributed by atoms with Gasteiger partial charge in [-0.2, -0.15) is 0 Å². The first kappa shape index (κ1) is 62.8. The molecule has 29 nitrogen and oxygen atoms in total. The number of carbonyl (C=O) groups is 4. The molecule has 29 heteroatoms. The summed E-state index contributed by atoms with van der Waals surface area (Å²) < 4.78 is 62.9. The number of aliphatic carboxylic acids is 1. The maximum Gasteiger partial charge on any atom is 0.364 e. The first-order valence-electron chi connectivity index (χ1n) is 24.8. The van der Waals surface area contributed by atoms with Gasteiger partial charge in [-0.1, -0.05) is 25.7 Å². The van der Waals surface area contributed by atoms with Crippen molar-refractivity contribution in [3.05, 3.63) is 23.8 Å². The largest absolute Gasteiger partial charge is 0.493 e. The Morgan fingerprint density at radius 1 is 0.737 bits per heavy atom. The second-order valence-electron chi connectivity index (χ2n) is 18.8. The topological polar surface area (TPSA) is 437 Å². The molecule has 4 heterocycles. The first-order chi connectivity index (χ1) is 36.1. The summed E-state index contributed by atoms with van der Waals surface area (Å²) in [6.45, 7) is 0.0977. The van der Waals surface area contributed by atoms with E-state index < -0.39 is 166 Å². The van der Waals surface area contributed by atoms with E-state index in [1.165, 1.54) is 46.5 Å². The Morgan fingerprint density at radius 2 is 1.38 bits per heavy atom. The number of hydrogen-bond donors (Lipinski definition) is 14. The minimum atomic E-state index is -3.17. The Balaban J connectivity index is 1.51. The van der Waals surface area contributed by atoms with Crippen molar-refractivity contribution in [2.45, 2.75) is 194 Å². The minimum absolute atomic E-state index is 0.0377. The maximum absolute atomic E-state index is 14.3. The lowest BCUT2D eigenvalue weighted by Gasteiger charge is -2.51. The Hall–Kier alpha value is -4.06. The Bertz CT molecular complexity index is 2020. The predicted molar refractivity (Wildman–Crippen MR) is 249 cm³/mol. The van der Waals surface area contributed by atoms with Gasteiger partial charge >= 0.3 is 11.9 Å². The molecule has 0 aromatic heterocycles. The number of rotatable bonds is 26. The van der Waals surface area contributed by atoms with Crippen LogP contribution in [0.5, 0.6) is 11.5 Å². The molecule has 14 N–H and O–H groups in total. The Labute approximate surface area is 436 Å². The van der Waals surface area contributed by atoms with Crippen LogP contribution in [-0.4, -0.2) is 255 Å². The van der Waals surface area contributed by atoms with Gasteiger partial charge in [0.15, 0.2) is 36.7 Å². The van der Waals surface area contributed by atoms with Crippen LogP contribution in [0.4, 0.5) is 0 Å². The normalized spacial score (nSPS) is 36.6. The van der Waals surface area contributed by atoms with Crippen LogP contribution < -0.4 is 20.1 Å². The van der Waals surface area contributed by atoms with E-state index >= 15 is 0 Å². The molecule has 0 saturated carbocycles. The standard InChI is InChI=1S/C47H74N2O27/c1-20-31(56)34(59)35(60)44(70-20)72-38-30(49-41(62)22-13-14-25(66-3)26(16-22)67-4)43(69-15-11-9-7-6-8-10-12-28(55)68-5)74-42(63)40(38)73-45-36(61)39(33(58)27(19-51)71-45)76-47(46(64)65)17-23(53)29(48-21(2)52)37(75-47)32(57)24(54)18-50/h13-14,16,20,23-24,27,29-40,42-45,50-51,53-54,56-61,63H,6-12,15,17-19H2,1-5H3,(H,48,52)(H,49,62)(H,64,65)/t20-,23+,24+,27-,29+,30-,31+,32-,33-,34-,35-,36-,37+,38+,39-,40-,42+,43?,44-,45-,47-/m0/s1. The van der Waals surface area contributed by atoms with Crippen LogP contribution in [0.15, 0.2) is 18.2 Å². The Kier molecular flexibility index (Phi) is 23.7. The molecule has 4 aliphatic heterocycles. The highest BCUT2D eigenvalue weighted by molar-refractivity contribution is 5.95. The van der Waals surface area contributed by atoms with Gasteiger partial charge in [0.2, 0.25) is 5.91 Å². The van der Waals surface area contributed by atoms with Gasteiger partial charge in [0.25, 0.3) is 11.7 Å². The zero-order valence-corrected chi connectivity index (χ0v) is 42.5. The van der Waals surface area contributed by atoms with Crippen LogP contribution in [0.1, 0.15) is 75.6 Å². The van der Waals surface area contributed by atoms with Crippen molar-refractivity contribution < 1.29 is 133 Å². The van der Waals surface area contributed by atoms with E-state index in [1.807, 2.05) is 0 Å². The number of aliphatic hydroxyl groups is 11. The zero-order chi connectivity index (χ0) is 56.2. The Morgan fingerprint density at radius 3 is 2.00 bits per heavy atom. The highest BCUT2D eigenvalue weighted by Gasteiger charge is 2.61. The van der Waals surface area contributed by atoms with Crippen molar-refractivity contribution in [1.82, 2.24) is 10.6 Å². The van der Waals surface area contributed by atoms with Crippen LogP contribution in [0, 0.1) is 0 Å². The third kappa shape index (κ3) is 15.2. The third-order valence-corrected chi connectivity index (χ3v) is 13.5. The molecular weight excluding hydrogens is 1020 g/mol. The number of carbonyl (C=O) groups excluding carboxylic acids is 3. The number of esters is 1. The van der Waals surface area contributed by atoms with Gasteiger partial charge in [0.1, 0.15) is 79.3 Å². The molecule has 4 saturated heterocycles. The molecule has 5 rings (SSSR count). The van der Waals surface area contributed by atoms with Gasteiger partial charge < -0.3 is 124 Å². The van der Waals surface area contributed by atoms with E-state index in [4.69, 9.17) is 47.4 Å². The molecule has 434 valence electrons. The van der Waals surface area contributed by atoms with Gasteiger partial charge in [-0.3, -0.25) is 14.4 Å². The average molecular weight is 1100 g/mol. The smallest absolute Gasteiger partial charge is 0.364 e. The SMILES string of the molecule is COC(=O)CCCCCCCCOC1O[C@@H](O)[C@@H](O[C@@H]2O[C@@H](CO)[C@H](O)[C@H](O[C@]3(C(=O)O)C[C@@H](O)[C@@H](NC(C)=O)[C@H]([C@@H](O)[C@H](O)CO)O3)[C@@H]2O)[C@H](O[C@@H]2O[C@@H](C)[C@@H](O)[C@H](O)[C@@H]2O)[C@@H]1NC(=O)c1ccc(OC)c(OC)c1. The summed E-state index contributed by atoms with van der Waals surface area (Å²) in [5, 5.41) is 136. The number of aliphatic hydroxyl groups excluding tert-OH is 11. The van der Waals surface area contributed by atoms with Crippen LogP contribution >= 0.6 is 0 Å². The monoisotopic (exact) mass is 1100 g/mol. The number of hydrogen-bond acceptors (Lipinski definition) is 26. The van der Waals surface area contributed by atoms with Gasteiger partial charge in [-0.25, -0.2) is 4.79 Å². The van der Waals surface area contributed by atoms with E-state index in [0.717, 1.165) is 26.2 Å². The highest BCUT2D eigenvalue weighted by Crippen LogP contribution is 2.39. The van der Waals surface area contributed by atoms with E-state index in [1.54, 1.807) is 0 Å². The summed E-state index contributed by atoms with van der Waals surface area (Å²) in [5.74, 6) is -6.79. The summed E-state index contributed by atoms with van der Waals surface area (Å²) >= 11 is 0. The summed E-state index contributed by atoms with van der Waals surface area (Å²) in [4.78, 5) is 51.1. The fraction of sp³-hybridized carbons (Fsp3) is 0.787. The van der Waals surface area contributed by atoms with Crippen LogP contribution in [-0.2, 0) is 57.0 Å². The molecule has 1 aromatic rings. The van der Waals surface area contributed by atoms with Crippen molar-refractivity contribution in [3.8, 4) is 11.5 Å². The van der Waals surface area contributed by atoms with Crippen LogP contribution in [0.25, 0.3) is 0 Å². The number of unbranched alkanes of at least 4 members (excludes halogenated alkanes) is 5. The lowest BCUT2D eigenvalue weighted by atomic mass is 9.88. The fourth-order valence-electron chi connectivity index (χ4n) is 9.22. The molecule has 1 unspecified atom stereocenters. The fourth-order valence-corrected chi connectivity index (χ4v) is 9.22. The zero-order valence-electron chi connectivity index (χ0n) is 42.5. The summed E-state index contributed by atoms with van der Waals surface area (Å²) in [6, 6.07) is 0.852. The van der Waals surface area contributed by atoms with Crippen LogP contribution in [0.2, 0.25) is 0 Å². The van der Waals surface area contributed by atoms with E-state index in [2.05, 4.69) is 15.4 Å². The number of nitrogens with one attached hydrogen (secondary N) is 2. The second-order valence-corrected chi connectivity index (χ2v) is 18.8. The van der Waals surface area contributed by atoms with E-state index in [0.29, 0.717) is 19.3 Å². The molecule has 0 spiro atoms. The van der Waals surface area contributed by atoms with Crippen molar-refractivity contribution in [1.29, 1.82) is 0 Å². The highest BCUT2D eigenvalue weighted by atomic mass is 16.8. The average Bonchev–Trinajstić information content (AvgIpc) is 3.39.